The average molecular weight is 348 g/mol. The smallest absolute Gasteiger partial charge is 0.305 e. The molecule has 1 aliphatic heterocycles. The predicted molar refractivity (Wildman–Crippen MR) is 92.2 cm³/mol. The van der Waals surface area contributed by atoms with Gasteiger partial charge in [0.1, 0.15) is 5.25 Å². The van der Waals surface area contributed by atoms with Gasteiger partial charge in [-0.15, -0.1) is 5.10 Å². The Kier molecular flexibility index (Phi) is 5.69. The Morgan fingerprint density at radius 3 is 2.54 bits per heavy atom. The minimum atomic E-state index is -1.04. The van der Waals surface area contributed by atoms with Gasteiger partial charge in [0.15, 0.2) is 5.17 Å². The molecule has 8 nitrogen and oxygen atoms in total. The fourth-order valence-electron chi connectivity index (χ4n) is 1.92. The monoisotopic (exact) mass is 348 g/mol. The van der Waals surface area contributed by atoms with E-state index in [0.29, 0.717) is 11.4 Å². The number of thioether (sulfide) groups is 1. The first kappa shape index (κ1) is 17.7. The first-order chi connectivity index (χ1) is 11.3. The Morgan fingerprint density at radius 1 is 1.29 bits per heavy atom. The summed E-state index contributed by atoms with van der Waals surface area (Å²) in [4.78, 5) is 33.2. The van der Waals surface area contributed by atoms with Gasteiger partial charge >= 0.3 is 5.97 Å². The number of carbonyl (C=O) groups excluding carboxylic acids is 2. The number of nitrogens with zero attached hydrogens (tertiary/aromatic N) is 2. The van der Waals surface area contributed by atoms with Crippen LogP contribution in [0.3, 0.4) is 0 Å². The molecule has 0 spiro atoms. The summed E-state index contributed by atoms with van der Waals surface area (Å²) in [7, 11) is 0. The Balaban J connectivity index is 2.04. The van der Waals surface area contributed by atoms with Crippen LogP contribution < -0.4 is 10.6 Å². The quantitative estimate of drug-likeness (QED) is 0.549. The first-order valence-electron chi connectivity index (χ1n) is 7.04. The van der Waals surface area contributed by atoms with Gasteiger partial charge < -0.3 is 15.7 Å². The van der Waals surface area contributed by atoms with Gasteiger partial charge in [-0.3, -0.25) is 14.4 Å². The van der Waals surface area contributed by atoms with Crippen molar-refractivity contribution in [1.82, 2.24) is 5.32 Å². The number of carboxylic acid groups (broad SMARTS) is 1. The Labute approximate surface area is 142 Å². The van der Waals surface area contributed by atoms with Crippen molar-refractivity contribution >= 4 is 46.1 Å². The number of aliphatic carboxylic acids is 1. The molecule has 2 amide bonds. The van der Waals surface area contributed by atoms with Gasteiger partial charge in [-0.25, -0.2) is 0 Å². The summed E-state index contributed by atoms with van der Waals surface area (Å²) in [6.45, 7) is 3.19. The SMILES string of the molecule is CC(=O)Nc1ccc(/C(C)=N\N=C2/NC(=O)[C@@H](CC(=O)O)S2)cc1. The summed E-state index contributed by atoms with van der Waals surface area (Å²) in [6.07, 6.45) is -0.261. The summed E-state index contributed by atoms with van der Waals surface area (Å²) < 4.78 is 0. The molecule has 1 aromatic carbocycles. The number of carboxylic acids is 1. The van der Waals surface area contributed by atoms with Crippen LogP contribution in [-0.4, -0.2) is 39.0 Å². The van der Waals surface area contributed by atoms with Gasteiger partial charge in [0.2, 0.25) is 11.8 Å². The minimum Gasteiger partial charge on any atom is -0.481 e. The van der Waals surface area contributed by atoms with Gasteiger partial charge in [-0.1, -0.05) is 23.9 Å². The van der Waals surface area contributed by atoms with Gasteiger partial charge in [0.05, 0.1) is 12.1 Å². The van der Waals surface area contributed by atoms with E-state index in [1.807, 2.05) is 0 Å². The Morgan fingerprint density at radius 2 is 1.96 bits per heavy atom. The molecule has 0 unspecified atom stereocenters. The molecule has 1 fully saturated rings. The van der Waals surface area contributed by atoms with E-state index in [1.54, 1.807) is 31.2 Å². The van der Waals surface area contributed by atoms with Gasteiger partial charge in [-0.05, 0) is 24.6 Å². The van der Waals surface area contributed by atoms with E-state index < -0.39 is 11.2 Å². The van der Waals surface area contributed by atoms with Crippen molar-refractivity contribution in [2.24, 2.45) is 10.2 Å². The van der Waals surface area contributed by atoms with Gasteiger partial charge in [0.25, 0.3) is 0 Å². The zero-order valence-corrected chi connectivity index (χ0v) is 13.9. The largest absolute Gasteiger partial charge is 0.481 e. The molecule has 1 aliphatic rings. The van der Waals surface area contributed by atoms with Crippen molar-refractivity contribution in [3.05, 3.63) is 29.8 Å². The van der Waals surface area contributed by atoms with Crippen molar-refractivity contribution in [2.45, 2.75) is 25.5 Å². The molecule has 126 valence electrons. The topological polar surface area (TPSA) is 120 Å². The number of amides is 2. The van der Waals surface area contributed by atoms with E-state index in [4.69, 9.17) is 5.11 Å². The Bertz CT molecular complexity index is 727. The maximum atomic E-state index is 11.6. The third-order valence-electron chi connectivity index (χ3n) is 3.05. The number of anilines is 1. The summed E-state index contributed by atoms with van der Waals surface area (Å²) in [5.74, 6) is -1.57. The fourth-order valence-corrected chi connectivity index (χ4v) is 2.83. The van der Waals surface area contributed by atoms with E-state index >= 15 is 0 Å². The second-order valence-electron chi connectivity index (χ2n) is 5.04. The molecule has 9 heteroatoms. The average Bonchev–Trinajstić information content (AvgIpc) is 2.84. The highest BCUT2D eigenvalue weighted by molar-refractivity contribution is 8.15. The summed E-state index contributed by atoms with van der Waals surface area (Å²) in [6, 6.07) is 7.07. The lowest BCUT2D eigenvalue weighted by Crippen LogP contribution is -2.26. The van der Waals surface area contributed by atoms with E-state index in [2.05, 4.69) is 20.8 Å². The maximum absolute atomic E-state index is 11.6. The highest BCUT2D eigenvalue weighted by Gasteiger charge is 2.32. The maximum Gasteiger partial charge on any atom is 0.305 e. The lowest BCUT2D eigenvalue weighted by atomic mass is 10.1. The molecule has 2 rings (SSSR count). The van der Waals surface area contributed by atoms with Crippen LogP contribution in [0.4, 0.5) is 5.69 Å². The molecular formula is C15H16N4O4S. The first-order valence-corrected chi connectivity index (χ1v) is 7.92. The number of amidine groups is 1. The Hall–Kier alpha value is -2.68. The normalized spacial score (nSPS) is 19.2. The molecule has 0 bridgehead atoms. The van der Waals surface area contributed by atoms with Crippen LogP contribution in [0.1, 0.15) is 25.8 Å². The number of hydrogen-bond donors (Lipinski definition) is 3. The van der Waals surface area contributed by atoms with Crippen LogP contribution in [0, 0.1) is 0 Å². The molecule has 3 N–H and O–H groups in total. The second-order valence-corrected chi connectivity index (χ2v) is 6.23. The zero-order valence-electron chi connectivity index (χ0n) is 13.1. The summed E-state index contributed by atoms with van der Waals surface area (Å²) in [5.41, 5.74) is 2.11. The standard InChI is InChI=1S/C15H16N4O4S/c1-8(10-3-5-11(6-4-10)16-9(2)20)18-19-15-17-14(23)12(24-15)7-13(21)22/h3-6,12H,7H2,1-2H3,(H,16,20)(H,21,22)(H,17,19,23)/b18-8-/t12-/m1/s1. The summed E-state index contributed by atoms with van der Waals surface area (Å²) >= 11 is 1.05. The molecule has 0 aliphatic carbocycles. The number of carbonyl (C=O) groups is 3. The van der Waals surface area contributed by atoms with Crippen molar-refractivity contribution < 1.29 is 19.5 Å². The fraction of sp³-hybridized carbons (Fsp3) is 0.267. The van der Waals surface area contributed by atoms with Crippen LogP contribution in [-0.2, 0) is 14.4 Å². The third kappa shape index (κ3) is 4.92. The number of nitrogens with one attached hydrogen (secondary N) is 2. The lowest BCUT2D eigenvalue weighted by Gasteiger charge is -2.03. The van der Waals surface area contributed by atoms with E-state index in [9.17, 15) is 14.4 Å². The zero-order chi connectivity index (χ0) is 17.7. The van der Waals surface area contributed by atoms with Crippen molar-refractivity contribution in [1.29, 1.82) is 0 Å². The number of benzene rings is 1. The van der Waals surface area contributed by atoms with Crippen LogP contribution in [0.5, 0.6) is 0 Å². The lowest BCUT2D eigenvalue weighted by molar-refractivity contribution is -0.138. The molecule has 1 atom stereocenters. The molecule has 1 aromatic rings. The summed E-state index contributed by atoms with van der Waals surface area (Å²) in [5, 5.41) is 21.5. The molecule has 0 aromatic heterocycles. The van der Waals surface area contributed by atoms with E-state index in [1.165, 1.54) is 6.92 Å². The van der Waals surface area contributed by atoms with Crippen LogP contribution in [0.25, 0.3) is 0 Å². The highest BCUT2D eigenvalue weighted by atomic mass is 32.2. The molecule has 24 heavy (non-hydrogen) atoms. The number of rotatable bonds is 5. The van der Waals surface area contributed by atoms with E-state index in [0.717, 1.165) is 17.3 Å². The van der Waals surface area contributed by atoms with Crippen molar-refractivity contribution in [2.75, 3.05) is 5.32 Å². The molecule has 1 saturated heterocycles. The molecule has 0 radical (unpaired) electrons. The number of hydrogen-bond acceptors (Lipinski definition) is 6. The molecular weight excluding hydrogens is 332 g/mol. The molecule has 0 saturated carbocycles. The van der Waals surface area contributed by atoms with Crippen LogP contribution in [0.2, 0.25) is 0 Å². The molecule has 1 heterocycles. The van der Waals surface area contributed by atoms with Crippen LogP contribution >= 0.6 is 11.8 Å². The second kappa shape index (κ2) is 7.73. The highest BCUT2D eigenvalue weighted by Crippen LogP contribution is 2.22. The van der Waals surface area contributed by atoms with Crippen LogP contribution in [0.15, 0.2) is 34.5 Å². The third-order valence-corrected chi connectivity index (χ3v) is 4.12. The predicted octanol–water partition coefficient (Wildman–Crippen LogP) is 1.43. The van der Waals surface area contributed by atoms with Crippen molar-refractivity contribution in [3.63, 3.8) is 0 Å². The van der Waals surface area contributed by atoms with Gasteiger partial charge in [0, 0.05) is 12.6 Å². The van der Waals surface area contributed by atoms with Gasteiger partial charge in [-0.2, -0.15) is 5.10 Å². The minimum absolute atomic E-state index is 0.149. The van der Waals surface area contributed by atoms with E-state index in [-0.39, 0.29) is 23.4 Å². The van der Waals surface area contributed by atoms with Crippen molar-refractivity contribution in [3.8, 4) is 0 Å².